The lowest BCUT2D eigenvalue weighted by Gasteiger charge is -2.16. The zero-order valence-corrected chi connectivity index (χ0v) is 13.0. The van der Waals surface area contributed by atoms with Crippen LogP contribution >= 0.6 is 0 Å². The molecule has 0 radical (unpaired) electrons. The van der Waals surface area contributed by atoms with Gasteiger partial charge in [-0.15, -0.1) is 0 Å². The van der Waals surface area contributed by atoms with Crippen LogP contribution in [0, 0.1) is 0 Å². The highest BCUT2D eigenvalue weighted by molar-refractivity contribution is 5.77. The van der Waals surface area contributed by atoms with Gasteiger partial charge in [-0.2, -0.15) is 0 Å². The van der Waals surface area contributed by atoms with E-state index in [1.165, 1.54) is 12.0 Å². The van der Waals surface area contributed by atoms with Crippen LogP contribution in [0.25, 0.3) is 0 Å². The second kappa shape index (κ2) is 8.03. The summed E-state index contributed by atoms with van der Waals surface area (Å²) in [5, 5.41) is 6.29. The molecule has 1 heterocycles. The van der Waals surface area contributed by atoms with Gasteiger partial charge in [-0.05, 0) is 43.4 Å². The number of amides is 1. The Labute approximate surface area is 127 Å². The van der Waals surface area contributed by atoms with Crippen LogP contribution in [0.5, 0.6) is 5.75 Å². The predicted molar refractivity (Wildman–Crippen MR) is 84.7 cm³/mol. The number of ether oxygens (including phenoxy) is 1. The molecule has 1 amide bonds. The molecule has 4 heteroatoms. The fourth-order valence-corrected chi connectivity index (χ4v) is 2.60. The van der Waals surface area contributed by atoms with Crippen molar-refractivity contribution in [3.8, 4) is 5.75 Å². The quantitative estimate of drug-likeness (QED) is 0.811. The highest BCUT2D eigenvalue weighted by Gasteiger charge is 2.15. The first kappa shape index (κ1) is 15.8. The van der Waals surface area contributed by atoms with Crippen LogP contribution in [0.2, 0.25) is 0 Å². The van der Waals surface area contributed by atoms with E-state index in [9.17, 15) is 4.79 Å². The minimum atomic E-state index is -0.0531. The summed E-state index contributed by atoms with van der Waals surface area (Å²) in [6.45, 7) is 6.16. The Morgan fingerprint density at radius 3 is 3.00 bits per heavy atom. The van der Waals surface area contributed by atoms with Crippen LogP contribution in [-0.4, -0.2) is 31.6 Å². The molecule has 116 valence electrons. The molecule has 21 heavy (non-hydrogen) atoms. The number of rotatable bonds is 7. The van der Waals surface area contributed by atoms with Gasteiger partial charge in [-0.1, -0.05) is 32.0 Å². The molecule has 2 atom stereocenters. The first-order valence-corrected chi connectivity index (χ1v) is 7.92. The summed E-state index contributed by atoms with van der Waals surface area (Å²) in [5.74, 6) is 1.20. The third-order valence-corrected chi connectivity index (χ3v) is 4.13. The molecule has 2 rings (SSSR count). The van der Waals surface area contributed by atoms with Gasteiger partial charge in [-0.25, -0.2) is 0 Å². The normalized spacial score (nSPS) is 19.2. The highest BCUT2D eigenvalue weighted by atomic mass is 16.5. The Hall–Kier alpha value is -1.55. The van der Waals surface area contributed by atoms with E-state index in [0.717, 1.165) is 25.1 Å². The molecule has 4 nitrogen and oxygen atoms in total. The van der Waals surface area contributed by atoms with E-state index in [0.29, 0.717) is 18.5 Å². The maximum atomic E-state index is 11.9. The van der Waals surface area contributed by atoms with Gasteiger partial charge in [-0.3, -0.25) is 4.79 Å². The van der Waals surface area contributed by atoms with E-state index in [1.807, 2.05) is 18.2 Å². The Balaban J connectivity index is 1.80. The number of hydrogen-bond donors (Lipinski definition) is 2. The van der Waals surface area contributed by atoms with Crippen LogP contribution in [-0.2, 0) is 4.79 Å². The van der Waals surface area contributed by atoms with Crippen molar-refractivity contribution in [3.05, 3.63) is 29.8 Å². The third-order valence-electron chi connectivity index (χ3n) is 4.13. The third kappa shape index (κ3) is 4.74. The van der Waals surface area contributed by atoms with Crippen LogP contribution in [0.15, 0.2) is 24.3 Å². The Morgan fingerprint density at radius 1 is 1.48 bits per heavy atom. The Morgan fingerprint density at radius 2 is 2.29 bits per heavy atom. The van der Waals surface area contributed by atoms with Crippen LogP contribution in [0.1, 0.15) is 44.6 Å². The fourth-order valence-electron chi connectivity index (χ4n) is 2.60. The molecule has 1 aromatic carbocycles. The summed E-state index contributed by atoms with van der Waals surface area (Å²) in [6, 6.07) is 8.39. The Bertz CT molecular complexity index is 456. The van der Waals surface area contributed by atoms with Crippen LogP contribution < -0.4 is 15.4 Å². The van der Waals surface area contributed by atoms with E-state index >= 15 is 0 Å². The van der Waals surface area contributed by atoms with Gasteiger partial charge in [0.15, 0.2) is 6.61 Å². The first-order valence-electron chi connectivity index (χ1n) is 7.92. The van der Waals surface area contributed by atoms with Gasteiger partial charge in [0.25, 0.3) is 5.91 Å². The number of carbonyl (C=O) groups is 1. The van der Waals surface area contributed by atoms with Crippen molar-refractivity contribution >= 4 is 5.91 Å². The lowest BCUT2D eigenvalue weighted by atomic mass is 9.98. The van der Waals surface area contributed by atoms with Crippen molar-refractivity contribution in [2.75, 3.05) is 19.7 Å². The minimum Gasteiger partial charge on any atom is -0.483 e. The second-order valence-electron chi connectivity index (χ2n) is 5.73. The molecule has 1 aliphatic rings. The molecular weight excluding hydrogens is 264 g/mol. The van der Waals surface area contributed by atoms with Crippen molar-refractivity contribution in [2.45, 2.75) is 45.1 Å². The standard InChI is InChI=1S/C17H26N2O2/c1-3-13(2)15-8-4-5-9-16(15)21-12-17(20)19-11-14-7-6-10-18-14/h4-5,8-9,13-14,18H,3,6-7,10-12H2,1-2H3,(H,19,20). The summed E-state index contributed by atoms with van der Waals surface area (Å²) in [5.41, 5.74) is 1.17. The molecule has 0 spiro atoms. The highest BCUT2D eigenvalue weighted by Crippen LogP contribution is 2.28. The number of benzene rings is 1. The van der Waals surface area contributed by atoms with Crippen molar-refractivity contribution in [2.24, 2.45) is 0 Å². The fraction of sp³-hybridized carbons (Fsp3) is 0.588. The molecule has 0 bridgehead atoms. The maximum absolute atomic E-state index is 11.9. The van der Waals surface area contributed by atoms with E-state index in [2.05, 4.69) is 30.5 Å². The van der Waals surface area contributed by atoms with Crippen LogP contribution in [0.3, 0.4) is 0 Å². The Kier molecular flexibility index (Phi) is 6.05. The van der Waals surface area contributed by atoms with Crippen molar-refractivity contribution in [3.63, 3.8) is 0 Å². The topological polar surface area (TPSA) is 50.4 Å². The van der Waals surface area contributed by atoms with Crippen molar-refractivity contribution in [1.29, 1.82) is 0 Å². The summed E-state index contributed by atoms with van der Waals surface area (Å²) in [7, 11) is 0. The lowest BCUT2D eigenvalue weighted by Crippen LogP contribution is -2.39. The van der Waals surface area contributed by atoms with E-state index in [4.69, 9.17) is 4.74 Å². The molecule has 0 saturated carbocycles. The molecule has 1 fully saturated rings. The molecule has 0 aliphatic carbocycles. The average Bonchev–Trinajstić information content (AvgIpc) is 3.04. The monoisotopic (exact) mass is 290 g/mol. The summed E-state index contributed by atoms with van der Waals surface area (Å²) >= 11 is 0. The van der Waals surface area contributed by atoms with Crippen LogP contribution in [0.4, 0.5) is 0 Å². The lowest BCUT2D eigenvalue weighted by molar-refractivity contribution is -0.123. The molecule has 2 unspecified atom stereocenters. The molecule has 0 aromatic heterocycles. The van der Waals surface area contributed by atoms with Gasteiger partial charge in [0.1, 0.15) is 5.75 Å². The van der Waals surface area contributed by atoms with E-state index in [-0.39, 0.29) is 12.5 Å². The van der Waals surface area contributed by atoms with Gasteiger partial charge in [0.2, 0.25) is 0 Å². The van der Waals surface area contributed by atoms with Crippen molar-refractivity contribution in [1.82, 2.24) is 10.6 Å². The minimum absolute atomic E-state index is 0.0531. The number of hydrogen-bond acceptors (Lipinski definition) is 3. The SMILES string of the molecule is CCC(C)c1ccccc1OCC(=O)NCC1CCCN1. The molecular formula is C17H26N2O2. The average molecular weight is 290 g/mol. The van der Waals surface area contributed by atoms with E-state index in [1.54, 1.807) is 0 Å². The molecule has 2 N–H and O–H groups in total. The summed E-state index contributed by atoms with van der Waals surface area (Å²) in [6.07, 6.45) is 3.39. The largest absolute Gasteiger partial charge is 0.483 e. The summed E-state index contributed by atoms with van der Waals surface area (Å²) < 4.78 is 5.70. The zero-order chi connectivity index (χ0) is 15.1. The predicted octanol–water partition coefficient (Wildman–Crippen LogP) is 2.45. The molecule has 1 aromatic rings. The van der Waals surface area contributed by atoms with Gasteiger partial charge >= 0.3 is 0 Å². The number of para-hydroxylation sites is 1. The molecule has 1 saturated heterocycles. The van der Waals surface area contributed by atoms with Gasteiger partial charge in [0, 0.05) is 12.6 Å². The van der Waals surface area contributed by atoms with Gasteiger partial charge in [0.05, 0.1) is 0 Å². The van der Waals surface area contributed by atoms with E-state index < -0.39 is 0 Å². The second-order valence-corrected chi connectivity index (χ2v) is 5.73. The van der Waals surface area contributed by atoms with Gasteiger partial charge < -0.3 is 15.4 Å². The molecule has 1 aliphatic heterocycles. The zero-order valence-electron chi connectivity index (χ0n) is 13.0. The smallest absolute Gasteiger partial charge is 0.257 e. The first-order chi connectivity index (χ1) is 10.2. The number of carbonyl (C=O) groups excluding carboxylic acids is 1. The summed E-state index contributed by atoms with van der Waals surface area (Å²) in [4.78, 5) is 11.9. The maximum Gasteiger partial charge on any atom is 0.257 e. The van der Waals surface area contributed by atoms with Crippen molar-refractivity contribution < 1.29 is 9.53 Å². The number of nitrogens with one attached hydrogen (secondary N) is 2.